The van der Waals surface area contributed by atoms with Crippen molar-refractivity contribution in [2.45, 2.75) is 53.4 Å². The number of rotatable bonds is 8. The van der Waals surface area contributed by atoms with Gasteiger partial charge in [0.2, 0.25) is 5.91 Å². The molecule has 2 nitrogen and oxygen atoms in total. The average molecular weight is 225 g/mol. The molecule has 0 saturated heterocycles. The van der Waals surface area contributed by atoms with Crippen LogP contribution < -0.4 is 5.73 Å². The molecular weight excluding hydrogens is 198 g/mol. The molecule has 0 bridgehead atoms. The molecule has 0 aromatic heterocycles. The van der Waals surface area contributed by atoms with Crippen LogP contribution >= 0.6 is 0 Å². The Morgan fingerprint density at radius 2 is 2.06 bits per heavy atom. The molecular formula is C14H27NO. The van der Waals surface area contributed by atoms with Gasteiger partial charge >= 0.3 is 0 Å². The molecule has 0 saturated carbocycles. The van der Waals surface area contributed by atoms with Crippen LogP contribution in [0.25, 0.3) is 0 Å². The smallest absolute Gasteiger partial charge is 0.220 e. The van der Waals surface area contributed by atoms with Gasteiger partial charge in [-0.1, -0.05) is 40.2 Å². The monoisotopic (exact) mass is 225 g/mol. The molecule has 94 valence electrons. The van der Waals surface area contributed by atoms with Gasteiger partial charge in [-0.05, 0) is 30.6 Å². The van der Waals surface area contributed by atoms with Crippen molar-refractivity contribution in [2.24, 2.45) is 23.0 Å². The third kappa shape index (κ3) is 4.38. The maximum Gasteiger partial charge on any atom is 0.220 e. The van der Waals surface area contributed by atoms with Crippen LogP contribution in [-0.4, -0.2) is 5.91 Å². The van der Waals surface area contributed by atoms with Crippen molar-refractivity contribution >= 4 is 5.91 Å². The summed E-state index contributed by atoms with van der Waals surface area (Å²) >= 11 is 0. The van der Waals surface area contributed by atoms with E-state index >= 15 is 0 Å². The van der Waals surface area contributed by atoms with Crippen molar-refractivity contribution in [3.8, 4) is 0 Å². The molecule has 2 heteroatoms. The first-order chi connectivity index (χ1) is 7.40. The molecule has 1 amide bonds. The Hall–Kier alpha value is -0.790. The van der Waals surface area contributed by atoms with E-state index in [2.05, 4.69) is 27.4 Å². The molecule has 0 spiro atoms. The highest BCUT2D eigenvalue weighted by molar-refractivity contribution is 5.76. The Labute approximate surface area is 100 Å². The number of hydrogen-bond acceptors (Lipinski definition) is 1. The maximum absolute atomic E-state index is 11.3. The lowest BCUT2D eigenvalue weighted by Gasteiger charge is -2.31. The molecule has 0 aliphatic heterocycles. The summed E-state index contributed by atoms with van der Waals surface area (Å²) < 4.78 is 0. The first-order valence-electron chi connectivity index (χ1n) is 6.33. The van der Waals surface area contributed by atoms with Crippen LogP contribution in [0.1, 0.15) is 53.4 Å². The summed E-state index contributed by atoms with van der Waals surface area (Å²) in [5, 5.41) is 0. The number of carbonyl (C=O) groups is 1. The molecule has 0 heterocycles. The fraction of sp³-hybridized carbons (Fsp3) is 0.786. The molecule has 0 aromatic rings. The van der Waals surface area contributed by atoms with E-state index in [1.54, 1.807) is 0 Å². The summed E-state index contributed by atoms with van der Waals surface area (Å²) in [5.74, 6) is 0.164. The van der Waals surface area contributed by atoms with Crippen molar-refractivity contribution in [2.75, 3.05) is 0 Å². The molecule has 0 radical (unpaired) electrons. The Kier molecular flexibility index (Phi) is 6.39. The Morgan fingerprint density at radius 1 is 1.50 bits per heavy atom. The lowest BCUT2D eigenvalue weighted by molar-refractivity contribution is -0.123. The summed E-state index contributed by atoms with van der Waals surface area (Å²) in [6.07, 6.45) is 6.24. The summed E-state index contributed by atoms with van der Waals surface area (Å²) in [6.45, 7) is 12.4. The van der Waals surface area contributed by atoms with Crippen LogP contribution in [0.5, 0.6) is 0 Å². The van der Waals surface area contributed by atoms with E-state index in [9.17, 15) is 4.79 Å². The topological polar surface area (TPSA) is 43.1 Å². The zero-order valence-corrected chi connectivity index (χ0v) is 11.3. The van der Waals surface area contributed by atoms with Gasteiger partial charge in [-0.25, -0.2) is 0 Å². The van der Waals surface area contributed by atoms with Gasteiger partial charge in [0.05, 0.1) is 0 Å². The predicted molar refractivity (Wildman–Crippen MR) is 70.0 cm³/mol. The first kappa shape index (κ1) is 15.2. The van der Waals surface area contributed by atoms with Gasteiger partial charge in [0, 0.05) is 5.92 Å². The van der Waals surface area contributed by atoms with Gasteiger partial charge in [-0.2, -0.15) is 0 Å². The van der Waals surface area contributed by atoms with Gasteiger partial charge in [0.1, 0.15) is 0 Å². The van der Waals surface area contributed by atoms with Crippen molar-refractivity contribution in [3.63, 3.8) is 0 Å². The Bertz CT molecular complexity index is 237. The van der Waals surface area contributed by atoms with E-state index in [1.165, 1.54) is 0 Å². The second kappa shape index (κ2) is 6.72. The quantitative estimate of drug-likeness (QED) is 0.631. The maximum atomic E-state index is 11.3. The van der Waals surface area contributed by atoms with Crippen LogP contribution in [0, 0.1) is 17.3 Å². The van der Waals surface area contributed by atoms with E-state index in [0.717, 1.165) is 25.7 Å². The predicted octanol–water partition coefficient (Wildman–Crippen LogP) is 3.52. The number of nitrogens with two attached hydrogens (primary N) is 1. The highest BCUT2D eigenvalue weighted by atomic mass is 16.1. The van der Waals surface area contributed by atoms with E-state index < -0.39 is 0 Å². The minimum atomic E-state index is -0.180. The number of hydrogen-bond donors (Lipinski definition) is 1. The SMILES string of the molecule is C=CC(C)(CC)CC(CCC)C(C)C(N)=O. The standard InChI is InChI=1S/C14H27NO/c1-6-9-12(11(4)13(15)16)10-14(5,7-2)8-3/h7,11-12H,2,6,8-10H2,1,3-5H3,(H2,15,16). The van der Waals surface area contributed by atoms with Gasteiger partial charge in [-0.15, -0.1) is 6.58 Å². The lowest BCUT2D eigenvalue weighted by atomic mass is 9.73. The number of allylic oxidation sites excluding steroid dienone is 1. The van der Waals surface area contributed by atoms with Gasteiger partial charge in [0.25, 0.3) is 0 Å². The number of primary amides is 1. The Morgan fingerprint density at radius 3 is 2.38 bits per heavy atom. The first-order valence-corrected chi connectivity index (χ1v) is 6.33. The van der Waals surface area contributed by atoms with Gasteiger partial charge in [-0.3, -0.25) is 4.79 Å². The molecule has 0 rings (SSSR count). The van der Waals surface area contributed by atoms with Crippen molar-refractivity contribution in [3.05, 3.63) is 12.7 Å². The van der Waals surface area contributed by atoms with E-state index in [1.807, 2.05) is 13.0 Å². The Balaban J connectivity index is 4.66. The molecule has 0 aliphatic rings. The second-order valence-corrected chi connectivity index (χ2v) is 5.16. The number of amides is 1. The zero-order valence-electron chi connectivity index (χ0n) is 11.3. The third-order valence-corrected chi connectivity index (χ3v) is 3.84. The van der Waals surface area contributed by atoms with Crippen LogP contribution in [0.15, 0.2) is 12.7 Å². The lowest BCUT2D eigenvalue weighted by Crippen LogP contribution is -2.31. The van der Waals surface area contributed by atoms with Crippen molar-refractivity contribution < 1.29 is 4.79 Å². The average Bonchev–Trinajstić information content (AvgIpc) is 2.27. The highest BCUT2D eigenvalue weighted by Gasteiger charge is 2.28. The zero-order chi connectivity index (χ0) is 12.8. The van der Waals surface area contributed by atoms with Gasteiger partial charge in [0.15, 0.2) is 0 Å². The largest absolute Gasteiger partial charge is 0.369 e. The van der Waals surface area contributed by atoms with Crippen LogP contribution in [0.3, 0.4) is 0 Å². The summed E-state index contributed by atoms with van der Waals surface area (Å²) in [7, 11) is 0. The fourth-order valence-corrected chi connectivity index (χ4v) is 2.10. The third-order valence-electron chi connectivity index (χ3n) is 3.84. The van der Waals surface area contributed by atoms with Gasteiger partial charge < -0.3 is 5.73 Å². The minimum absolute atomic E-state index is 0.0363. The van der Waals surface area contributed by atoms with E-state index in [4.69, 9.17) is 5.73 Å². The fourth-order valence-electron chi connectivity index (χ4n) is 2.10. The van der Waals surface area contributed by atoms with E-state index in [0.29, 0.717) is 5.92 Å². The molecule has 0 fully saturated rings. The highest BCUT2D eigenvalue weighted by Crippen LogP contribution is 2.35. The van der Waals surface area contributed by atoms with Crippen LogP contribution in [0.2, 0.25) is 0 Å². The normalized spacial score (nSPS) is 18.5. The minimum Gasteiger partial charge on any atom is -0.369 e. The molecule has 0 aromatic carbocycles. The van der Waals surface area contributed by atoms with Crippen molar-refractivity contribution in [1.29, 1.82) is 0 Å². The van der Waals surface area contributed by atoms with E-state index in [-0.39, 0.29) is 17.2 Å². The van der Waals surface area contributed by atoms with Crippen LogP contribution in [0.4, 0.5) is 0 Å². The van der Waals surface area contributed by atoms with Crippen LogP contribution in [-0.2, 0) is 4.79 Å². The number of carbonyl (C=O) groups excluding carboxylic acids is 1. The summed E-state index contributed by atoms with van der Waals surface area (Å²) in [4.78, 5) is 11.3. The molecule has 3 atom stereocenters. The second-order valence-electron chi connectivity index (χ2n) is 5.16. The molecule has 3 unspecified atom stereocenters. The molecule has 16 heavy (non-hydrogen) atoms. The molecule has 2 N–H and O–H groups in total. The summed E-state index contributed by atoms with van der Waals surface area (Å²) in [5.41, 5.74) is 5.53. The summed E-state index contributed by atoms with van der Waals surface area (Å²) in [6, 6.07) is 0. The molecule has 0 aliphatic carbocycles. The van der Waals surface area contributed by atoms with Crippen molar-refractivity contribution in [1.82, 2.24) is 0 Å².